The summed E-state index contributed by atoms with van der Waals surface area (Å²) in [4.78, 5) is 0. The highest BCUT2D eigenvalue weighted by atomic mass is 16.5. The largest absolute Gasteiger partial charge is 0.389 e. The molecule has 0 bridgehead atoms. The van der Waals surface area contributed by atoms with Crippen molar-refractivity contribution in [2.75, 3.05) is 13.2 Å². The second kappa shape index (κ2) is 9.86. The van der Waals surface area contributed by atoms with E-state index in [4.69, 9.17) is 10.5 Å². The summed E-state index contributed by atoms with van der Waals surface area (Å²) in [5, 5.41) is 9.79. The van der Waals surface area contributed by atoms with E-state index in [0.29, 0.717) is 6.42 Å². The van der Waals surface area contributed by atoms with Gasteiger partial charge in [-0.2, -0.15) is 0 Å². The lowest BCUT2D eigenvalue weighted by atomic mass is 9.99. The van der Waals surface area contributed by atoms with E-state index in [-0.39, 0.29) is 12.6 Å². The Morgan fingerprint density at radius 1 is 1.18 bits per heavy atom. The standard InChI is InChI=1S/C14H31NO2/c1-4-5-6-7-8-9-10-17-13(2)11-14(3,16)12-15/h13,16H,4-12,15H2,1-3H3. The first-order chi connectivity index (χ1) is 8.02. The molecule has 0 saturated carbocycles. The molecule has 0 rings (SSSR count). The summed E-state index contributed by atoms with van der Waals surface area (Å²) in [6.07, 6.45) is 8.36. The van der Waals surface area contributed by atoms with Crippen molar-refractivity contribution < 1.29 is 9.84 Å². The molecule has 0 amide bonds. The van der Waals surface area contributed by atoms with Crippen molar-refractivity contribution in [2.24, 2.45) is 5.73 Å². The lowest BCUT2D eigenvalue weighted by Gasteiger charge is -2.25. The van der Waals surface area contributed by atoms with Crippen LogP contribution in [-0.4, -0.2) is 30.0 Å². The van der Waals surface area contributed by atoms with Gasteiger partial charge in [-0.1, -0.05) is 39.0 Å². The van der Waals surface area contributed by atoms with Gasteiger partial charge < -0.3 is 15.6 Å². The molecule has 0 aromatic heterocycles. The molecule has 0 radical (unpaired) electrons. The van der Waals surface area contributed by atoms with Gasteiger partial charge >= 0.3 is 0 Å². The quantitative estimate of drug-likeness (QED) is 0.550. The van der Waals surface area contributed by atoms with Gasteiger partial charge in [-0.15, -0.1) is 0 Å². The maximum absolute atomic E-state index is 9.79. The smallest absolute Gasteiger partial charge is 0.0765 e. The van der Waals surface area contributed by atoms with Crippen molar-refractivity contribution in [1.29, 1.82) is 0 Å². The third-order valence-electron chi connectivity index (χ3n) is 3.07. The van der Waals surface area contributed by atoms with Crippen LogP contribution in [0.2, 0.25) is 0 Å². The van der Waals surface area contributed by atoms with Crippen molar-refractivity contribution in [3.63, 3.8) is 0 Å². The Morgan fingerprint density at radius 3 is 2.35 bits per heavy atom. The average molecular weight is 245 g/mol. The van der Waals surface area contributed by atoms with Gasteiger partial charge in [0.1, 0.15) is 0 Å². The molecule has 3 N–H and O–H groups in total. The summed E-state index contributed by atoms with van der Waals surface area (Å²) in [6.45, 7) is 7.08. The van der Waals surface area contributed by atoms with Gasteiger partial charge in [-0.3, -0.25) is 0 Å². The van der Waals surface area contributed by atoms with E-state index in [0.717, 1.165) is 13.0 Å². The van der Waals surface area contributed by atoms with Crippen LogP contribution in [0.1, 0.15) is 65.7 Å². The van der Waals surface area contributed by atoms with Gasteiger partial charge in [0.2, 0.25) is 0 Å². The Labute approximate surface area is 107 Å². The molecule has 0 saturated heterocycles. The predicted molar refractivity (Wildman–Crippen MR) is 73.1 cm³/mol. The zero-order valence-electron chi connectivity index (χ0n) is 11.9. The van der Waals surface area contributed by atoms with Crippen LogP contribution in [0.5, 0.6) is 0 Å². The Balaban J connectivity index is 3.36. The number of unbranched alkanes of at least 4 members (excludes halogenated alkanes) is 5. The van der Waals surface area contributed by atoms with E-state index in [1.807, 2.05) is 6.92 Å². The van der Waals surface area contributed by atoms with Crippen molar-refractivity contribution in [3.05, 3.63) is 0 Å². The Bertz CT molecular complexity index is 172. The molecule has 0 aliphatic rings. The first-order valence-corrected chi connectivity index (χ1v) is 7.06. The van der Waals surface area contributed by atoms with Crippen molar-refractivity contribution >= 4 is 0 Å². The summed E-state index contributed by atoms with van der Waals surface area (Å²) < 4.78 is 5.67. The normalized spacial score (nSPS) is 16.8. The zero-order valence-corrected chi connectivity index (χ0v) is 11.9. The highest BCUT2D eigenvalue weighted by Crippen LogP contribution is 2.13. The average Bonchev–Trinajstić information content (AvgIpc) is 2.27. The van der Waals surface area contributed by atoms with E-state index in [9.17, 15) is 5.11 Å². The number of nitrogens with two attached hydrogens (primary N) is 1. The van der Waals surface area contributed by atoms with Crippen LogP contribution in [0.15, 0.2) is 0 Å². The molecule has 0 fully saturated rings. The van der Waals surface area contributed by atoms with Crippen LogP contribution in [-0.2, 0) is 4.74 Å². The van der Waals surface area contributed by atoms with Gasteiger partial charge in [-0.25, -0.2) is 0 Å². The minimum Gasteiger partial charge on any atom is -0.389 e. The minimum atomic E-state index is -0.791. The fraction of sp³-hybridized carbons (Fsp3) is 1.00. The molecule has 104 valence electrons. The Kier molecular flexibility index (Phi) is 9.79. The van der Waals surface area contributed by atoms with Gasteiger partial charge in [0.15, 0.2) is 0 Å². The maximum atomic E-state index is 9.79. The van der Waals surface area contributed by atoms with Crippen LogP contribution in [0.25, 0.3) is 0 Å². The van der Waals surface area contributed by atoms with Crippen molar-refractivity contribution in [1.82, 2.24) is 0 Å². The second-order valence-electron chi connectivity index (χ2n) is 5.35. The molecular formula is C14H31NO2. The Hall–Kier alpha value is -0.120. The number of aliphatic hydroxyl groups is 1. The SMILES string of the molecule is CCCCCCCCOC(C)CC(C)(O)CN. The van der Waals surface area contributed by atoms with Gasteiger partial charge in [0, 0.05) is 19.6 Å². The molecule has 2 atom stereocenters. The van der Waals surface area contributed by atoms with Crippen LogP contribution in [0.3, 0.4) is 0 Å². The fourth-order valence-corrected chi connectivity index (χ4v) is 1.93. The summed E-state index contributed by atoms with van der Waals surface area (Å²) in [5.74, 6) is 0. The fourth-order valence-electron chi connectivity index (χ4n) is 1.93. The van der Waals surface area contributed by atoms with E-state index < -0.39 is 5.60 Å². The van der Waals surface area contributed by atoms with Gasteiger partial charge in [0.25, 0.3) is 0 Å². The number of hydrogen-bond donors (Lipinski definition) is 2. The van der Waals surface area contributed by atoms with Gasteiger partial charge in [0.05, 0.1) is 11.7 Å². The van der Waals surface area contributed by atoms with Crippen LogP contribution >= 0.6 is 0 Å². The molecule has 0 heterocycles. The molecule has 3 nitrogen and oxygen atoms in total. The lowest BCUT2D eigenvalue weighted by molar-refractivity contribution is -0.0183. The molecule has 0 aliphatic heterocycles. The van der Waals surface area contributed by atoms with Crippen LogP contribution in [0.4, 0.5) is 0 Å². The first-order valence-electron chi connectivity index (χ1n) is 7.06. The third-order valence-corrected chi connectivity index (χ3v) is 3.07. The van der Waals surface area contributed by atoms with Crippen molar-refractivity contribution in [3.8, 4) is 0 Å². The van der Waals surface area contributed by atoms with Crippen LogP contribution < -0.4 is 5.73 Å². The molecule has 0 aromatic carbocycles. The Morgan fingerprint density at radius 2 is 1.76 bits per heavy atom. The van der Waals surface area contributed by atoms with Crippen molar-refractivity contribution in [2.45, 2.75) is 77.4 Å². The first kappa shape index (κ1) is 16.9. The molecule has 0 spiro atoms. The summed E-state index contributed by atoms with van der Waals surface area (Å²) >= 11 is 0. The molecule has 0 aromatic rings. The molecular weight excluding hydrogens is 214 g/mol. The third kappa shape index (κ3) is 10.7. The molecule has 17 heavy (non-hydrogen) atoms. The van der Waals surface area contributed by atoms with E-state index in [1.54, 1.807) is 6.92 Å². The lowest BCUT2D eigenvalue weighted by Crippen LogP contribution is -2.37. The van der Waals surface area contributed by atoms with E-state index in [2.05, 4.69) is 6.92 Å². The van der Waals surface area contributed by atoms with E-state index in [1.165, 1.54) is 32.1 Å². The second-order valence-corrected chi connectivity index (χ2v) is 5.35. The maximum Gasteiger partial charge on any atom is 0.0765 e. The zero-order chi connectivity index (χ0) is 13.1. The number of hydrogen-bond acceptors (Lipinski definition) is 3. The number of ether oxygens (including phenoxy) is 1. The predicted octanol–water partition coefficient (Wildman–Crippen LogP) is 2.85. The summed E-state index contributed by atoms with van der Waals surface area (Å²) in [6, 6.07) is 0. The van der Waals surface area contributed by atoms with Gasteiger partial charge in [-0.05, 0) is 20.3 Å². The molecule has 3 heteroatoms. The minimum absolute atomic E-state index is 0.0872. The monoisotopic (exact) mass is 245 g/mol. The highest BCUT2D eigenvalue weighted by molar-refractivity contribution is 4.76. The number of rotatable bonds is 11. The molecule has 0 aliphatic carbocycles. The summed E-state index contributed by atoms with van der Waals surface area (Å²) in [5.41, 5.74) is 4.68. The van der Waals surface area contributed by atoms with E-state index >= 15 is 0 Å². The topological polar surface area (TPSA) is 55.5 Å². The highest BCUT2D eigenvalue weighted by Gasteiger charge is 2.21. The molecule has 2 unspecified atom stereocenters. The van der Waals surface area contributed by atoms with Crippen LogP contribution in [0, 0.1) is 0 Å². The summed E-state index contributed by atoms with van der Waals surface area (Å²) in [7, 11) is 0.